The first-order valence-electron chi connectivity index (χ1n) is 5.61. The van der Waals surface area contributed by atoms with Gasteiger partial charge >= 0.3 is 6.03 Å². The van der Waals surface area contributed by atoms with Crippen LogP contribution in [-0.4, -0.2) is 34.7 Å². The fourth-order valence-corrected chi connectivity index (χ4v) is 2.13. The van der Waals surface area contributed by atoms with Crippen LogP contribution in [0.4, 0.5) is 9.93 Å². The van der Waals surface area contributed by atoms with Crippen LogP contribution in [0.3, 0.4) is 0 Å². The second kappa shape index (κ2) is 6.81. The van der Waals surface area contributed by atoms with Gasteiger partial charge in [-0.15, -0.1) is 5.10 Å². The van der Waals surface area contributed by atoms with Crippen LogP contribution >= 0.6 is 23.6 Å². The van der Waals surface area contributed by atoms with Crippen molar-refractivity contribution in [3.8, 4) is 11.5 Å². The summed E-state index contributed by atoms with van der Waals surface area (Å²) in [6.45, 7) is 0. The standard InChI is InChI=1S/C11H11N5O3S2/c1-19-8-4-6(2-3-7(8)17)5-12-14-9(18)13-10-15-16-11(20)21-10/h2-5,17H,1H3,(H,16,20)(H2,13,14,15,18)/b12-5+. The average molecular weight is 325 g/mol. The molecule has 0 fully saturated rings. The first-order valence-corrected chi connectivity index (χ1v) is 6.83. The Morgan fingerprint density at radius 2 is 2.43 bits per heavy atom. The number of phenols is 1. The lowest BCUT2D eigenvalue weighted by Gasteiger charge is -2.03. The van der Waals surface area contributed by atoms with Crippen LogP contribution in [0.25, 0.3) is 0 Å². The Hall–Kier alpha value is -2.46. The topological polar surface area (TPSA) is 112 Å². The second-order valence-corrected chi connectivity index (χ2v) is 5.34. The summed E-state index contributed by atoms with van der Waals surface area (Å²) in [6, 6.07) is 4.13. The van der Waals surface area contributed by atoms with E-state index in [-0.39, 0.29) is 5.75 Å². The van der Waals surface area contributed by atoms with Gasteiger partial charge in [0, 0.05) is 0 Å². The van der Waals surface area contributed by atoms with Crippen LogP contribution < -0.4 is 15.5 Å². The van der Waals surface area contributed by atoms with Crippen LogP contribution in [0.2, 0.25) is 0 Å². The summed E-state index contributed by atoms with van der Waals surface area (Å²) in [6.07, 6.45) is 1.41. The Bertz CT molecular complexity index is 725. The van der Waals surface area contributed by atoms with Crippen molar-refractivity contribution >= 4 is 40.9 Å². The third kappa shape index (κ3) is 4.26. The lowest BCUT2D eigenvalue weighted by molar-refractivity contribution is 0.252. The molecule has 0 saturated heterocycles. The number of anilines is 1. The molecule has 4 N–H and O–H groups in total. The number of aromatic nitrogens is 2. The molecule has 8 nitrogen and oxygen atoms in total. The number of carbonyl (C=O) groups is 1. The van der Waals surface area contributed by atoms with Crippen LogP contribution in [0, 0.1) is 3.95 Å². The summed E-state index contributed by atoms with van der Waals surface area (Å²) >= 11 is 5.97. The number of H-pyrrole nitrogens is 1. The molecule has 2 rings (SSSR count). The van der Waals surface area contributed by atoms with Gasteiger partial charge in [0.05, 0.1) is 13.3 Å². The molecule has 1 aromatic heterocycles. The Labute approximate surface area is 128 Å². The van der Waals surface area contributed by atoms with Gasteiger partial charge in [-0.25, -0.2) is 10.2 Å². The van der Waals surface area contributed by atoms with Crippen LogP contribution in [-0.2, 0) is 0 Å². The number of phenolic OH excluding ortho intramolecular Hbond substituents is 1. The number of urea groups is 1. The quantitative estimate of drug-likeness (QED) is 0.390. The Morgan fingerprint density at radius 3 is 3.10 bits per heavy atom. The number of nitrogens with one attached hydrogen (secondary N) is 3. The fourth-order valence-electron chi connectivity index (χ4n) is 1.35. The smallest absolute Gasteiger partial charge is 0.341 e. The van der Waals surface area contributed by atoms with Crippen molar-refractivity contribution in [3.63, 3.8) is 0 Å². The first kappa shape index (κ1) is 14.9. The maximum absolute atomic E-state index is 11.5. The Balaban J connectivity index is 1.92. The molecule has 0 atom stereocenters. The molecule has 0 radical (unpaired) electrons. The SMILES string of the molecule is COc1cc(/C=N/NC(=O)Nc2n[nH]c(=S)s2)ccc1O. The number of aromatic amines is 1. The number of carbonyl (C=O) groups excluding carboxylic acids is 1. The highest BCUT2D eigenvalue weighted by atomic mass is 32.1. The van der Waals surface area contributed by atoms with Crippen LogP contribution in [0.1, 0.15) is 5.56 Å². The summed E-state index contributed by atoms with van der Waals surface area (Å²) < 4.78 is 5.43. The zero-order valence-electron chi connectivity index (χ0n) is 10.8. The molecule has 110 valence electrons. The molecule has 2 amide bonds. The van der Waals surface area contributed by atoms with Crippen molar-refractivity contribution in [1.82, 2.24) is 15.6 Å². The Kier molecular flexibility index (Phi) is 4.85. The van der Waals surface area contributed by atoms with E-state index in [0.717, 1.165) is 11.3 Å². The predicted octanol–water partition coefficient (Wildman–Crippen LogP) is 2.07. The van der Waals surface area contributed by atoms with E-state index >= 15 is 0 Å². The molecule has 0 aliphatic heterocycles. The minimum atomic E-state index is -0.547. The van der Waals surface area contributed by atoms with E-state index in [2.05, 4.69) is 26.0 Å². The average Bonchev–Trinajstić information content (AvgIpc) is 2.86. The molecule has 0 bridgehead atoms. The predicted molar refractivity (Wildman–Crippen MR) is 81.7 cm³/mol. The number of hydrazone groups is 1. The fraction of sp³-hybridized carbons (Fsp3) is 0.0909. The molecule has 0 spiro atoms. The summed E-state index contributed by atoms with van der Waals surface area (Å²) in [5.41, 5.74) is 2.93. The number of amides is 2. The second-order valence-electron chi connectivity index (χ2n) is 3.67. The molecule has 0 unspecified atom stereocenters. The summed E-state index contributed by atoms with van der Waals surface area (Å²) in [5.74, 6) is 0.347. The summed E-state index contributed by atoms with van der Waals surface area (Å²) in [4.78, 5) is 11.5. The third-order valence-electron chi connectivity index (χ3n) is 2.24. The van der Waals surface area contributed by atoms with Gasteiger partial charge in [0.1, 0.15) is 0 Å². The molecule has 0 aliphatic rings. The summed E-state index contributed by atoms with van der Waals surface area (Å²) in [5, 5.41) is 22.3. The number of nitrogens with zero attached hydrogens (tertiary/aromatic N) is 2. The molecular formula is C11H11N5O3S2. The number of hydrogen-bond donors (Lipinski definition) is 4. The molecule has 1 heterocycles. The van der Waals surface area contributed by atoms with E-state index in [1.54, 1.807) is 12.1 Å². The van der Waals surface area contributed by atoms with Gasteiger partial charge < -0.3 is 9.84 Å². The largest absolute Gasteiger partial charge is 0.504 e. The zero-order valence-corrected chi connectivity index (χ0v) is 12.4. The highest BCUT2D eigenvalue weighted by molar-refractivity contribution is 7.73. The van der Waals surface area contributed by atoms with Crippen molar-refractivity contribution < 1.29 is 14.6 Å². The third-order valence-corrected chi connectivity index (χ3v) is 3.25. The van der Waals surface area contributed by atoms with Gasteiger partial charge in [-0.1, -0.05) is 11.3 Å². The number of methoxy groups -OCH3 is 1. The minimum absolute atomic E-state index is 0.0279. The maximum Gasteiger partial charge on any atom is 0.341 e. The molecule has 0 saturated carbocycles. The zero-order chi connectivity index (χ0) is 15.2. The van der Waals surface area contributed by atoms with Gasteiger partial charge in [-0.05, 0) is 36.0 Å². The number of hydrogen-bond acceptors (Lipinski definition) is 7. The highest BCUT2D eigenvalue weighted by Gasteiger charge is 2.03. The monoisotopic (exact) mass is 325 g/mol. The van der Waals surface area contributed by atoms with Gasteiger partial charge in [0.25, 0.3) is 0 Å². The molecule has 0 aliphatic carbocycles. The van der Waals surface area contributed by atoms with E-state index in [0.29, 0.717) is 20.4 Å². The van der Waals surface area contributed by atoms with Gasteiger partial charge in [0.15, 0.2) is 15.5 Å². The van der Waals surface area contributed by atoms with Gasteiger partial charge in [-0.2, -0.15) is 5.10 Å². The van der Waals surface area contributed by atoms with E-state index in [1.807, 2.05) is 0 Å². The van der Waals surface area contributed by atoms with Gasteiger partial charge in [-0.3, -0.25) is 10.4 Å². The van der Waals surface area contributed by atoms with E-state index in [9.17, 15) is 9.90 Å². The molecule has 1 aromatic carbocycles. The maximum atomic E-state index is 11.5. The molecular weight excluding hydrogens is 314 g/mol. The van der Waals surface area contributed by atoms with Crippen molar-refractivity contribution in [2.75, 3.05) is 12.4 Å². The number of benzene rings is 1. The van der Waals surface area contributed by atoms with Crippen LogP contribution in [0.5, 0.6) is 11.5 Å². The molecule has 21 heavy (non-hydrogen) atoms. The van der Waals surface area contributed by atoms with E-state index < -0.39 is 6.03 Å². The molecule has 10 heteroatoms. The van der Waals surface area contributed by atoms with Crippen LogP contribution in [0.15, 0.2) is 23.3 Å². The highest BCUT2D eigenvalue weighted by Crippen LogP contribution is 2.25. The van der Waals surface area contributed by atoms with E-state index in [4.69, 9.17) is 17.0 Å². The number of ether oxygens (including phenoxy) is 1. The van der Waals surface area contributed by atoms with E-state index in [1.165, 1.54) is 19.4 Å². The van der Waals surface area contributed by atoms with Crippen molar-refractivity contribution in [2.24, 2.45) is 5.10 Å². The normalized spacial score (nSPS) is 10.5. The Morgan fingerprint density at radius 1 is 1.62 bits per heavy atom. The van der Waals surface area contributed by atoms with Gasteiger partial charge in [0.2, 0.25) is 5.13 Å². The summed E-state index contributed by atoms with van der Waals surface area (Å²) in [7, 11) is 1.44. The first-order chi connectivity index (χ1) is 10.1. The van der Waals surface area contributed by atoms with Crippen molar-refractivity contribution in [3.05, 3.63) is 27.7 Å². The number of rotatable bonds is 4. The number of aromatic hydroxyl groups is 1. The lowest BCUT2D eigenvalue weighted by atomic mass is 10.2. The van der Waals surface area contributed by atoms with Crippen molar-refractivity contribution in [2.45, 2.75) is 0 Å². The minimum Gasteiger partial charge on any atom is -0.504 e. The lowest BCUT2D eigenvalue weighted by Crippen LogP contribution is -2.24. The van der Waals surface area contributed by atoms with Crippen molar-refractivity contribution in [1.29, 1.82) is 0 Å². The molecule has 2 aromatic rings.